The Hall–Kier alpha value is -2.26. The molecule has 2 aromatic rings. The van der Waals surface area contributed by atoms with Gasteiger partial charge in [0.25, 0.3) is 0 Å². The van der Waals surface area contributed by atoms with Crippen molar-refractivity contribution in [1.82, 2.24) is 5.32 Å². The molecule has 2 N–H and O–H groups in total. The smallest absolute Gasteiger partial charge is 0.119 e. The predicted molar refractivity (Wildman–Crippen MR) is 109 cm³/mol. The van der Waals surface area contributed by atoms with Gasteiger partial charge in [-0.3, -0.25) is 0 Å². The highest BCUT2D eigenvalue weighted by molar-refractivity contribution is 5.70. The zero-order valence-corrected chi connectivity index (χ0v) is 15.4. The van der Waals surface area contributed by atoms with E-state index >= 15 is 0 Å². The maximum absolute atomic E-state index is 5.81. The standard InChI is InChI=1S/C22H30N2O/c1-23-17-5-3-4-6-18-25-22-15-11-20(12-16-22)8-7-19-9-13-21(24-2)14-10-19/h7-16,23-24H,3-6,17-18H2,1-2H3/b8-7+. The second-order valence-corrected chi connectivity index (χ2v) is 6.14. The van der Waals surface area contributed by atoms with Crippen molar-refractivity contribution in [1.29, 1.82) is 0 Å². The Labute approximate surface area is 152 Å². The second kappa shape index (κ2) is 11.3. The van der Waals surface area contributed by atoms with Crippen LogP contribution in [0.2, 0.25) is 0 Å². The minimum absolute atomic E-state index is 0.798. The Bertz CT molecular complexity index is 617. The molecule has 0 radical (unpaired) electrons. The van der Waals surface area contributed by atoms with Gasteiger partial charge in [0.1, 0.15) is 5.75 Å². The average molecular weight is 338 g/mol. The van der Waals surface area contributed by atoms with Crippen LogP contribution in [0.4, 0.5) is 5.69 Å². The fraction of sp³-hybridized carbons (Fsp3) is 0.364. The van der Waals surface area contributed by atoms with Gasteiger partial charge in [0.15, 0.2) is 0 Å². The first-order valence-electron chi connectivity index (χ1n) is 9.15. The third-order valence-electron chi connectivity index (χ3n) is 4.14. The average Bonchev–Trinajstić information content (AvgIpc) is 2.67. The van der Waals surface area contributed by atoms with Crippen molar-refractivity contribution in [2.45, 2.75) is 25.7 Å². The van der Waals surface area contributed by atoms with Crippen molar-refractivity contribution in [3.8, 4) is 5.75 Å². The zero-order valence-electron chi connectivity index (χ0n) is 15.4. The molecular weight excluding hydrogens is 308 g/mol. The molecule has 0 saturated carbocycles. The molecule has 0 bridgehead atoms. The molecule has 134 valence electrons. The highest BCUT2D eigenvalue weighted by atomic mass is 16.5. The quantitative estimate of drug-likeness (QED) is 0.444. The van der Waals surface area contributed by atoms with Crippen LogP contribution >= 0.6 is 0 Å². The molecule has 0 aliphatic carbocycles. The summed E-state index contributed by atoms with van der Waals surface area (Å²) in [7, 11) is 3.93. The summed E-state index contributed by atoms with van der Waals surface area (Å²) in [6.45, 7) is 1.90. The maximum Gasteiger partial charge on any atom is 0.119 e. The third kappa shape index (κ3) is 7.44. The maximum atomic E-state index is 5.81. The molecule has 0 heterocycles. The van der Waals surface area contributed by atoms with Gasteiger partial charge in [-0.1, -0.05) is 49.3 Å². The van der Waals surface area contributed by atoms with Gasteiger partial charge in [-0.25, -0.2) is 0 Å². The molecule has 2 rings (SSSR count). The number of ether oxygens (including phenoxy) is 1. The third-order valence-corrected chi connectivity index (χ3v) is 4.14. The van der Waals surface area contributed by atoms with E-state index in [0.717, 1.165) is 31.0 Å². The Morgan fingerprint density at radius 2 is 1.36 bits per heavy atom. The van der Waals surface area contributed by atoms with Gasteiger partial charge in [-0.2, -0.15) is 0 Å². The molecule has 0 saturated heterocycles. The topological polar surface area (TPSA) is 33.3 Å². The fourth-order valence-corrected chi connectivity index (χ4v) is 2.58. The number of hydrogen-bond donors (Lipinski definition) is 2. The molecule has 3 nitrogen and oxygen atoms in total. The molecule has 0 aliphatic heterocycles. The number of anilines is 1. The monoisotopic (exact) mass is 338 g/mol. The molecule has 0 atom stereocenters. The van der Waals surface area contributed by atoms with Crippen molar-refractivity contribution in [2.75, 3.05) is 32.6 Å². The molecule has 0 spiro atoms. The van der Waals surface area contributed by atoms with E-state index in [1.165, 1.54) is 30.4 Å². The lowest BCUT2D eigenvalue weighted by Gasteiger charge is -2.06. The van der Waals surface area contributed by atoms with Crippen molar-refractivity contribution in [3.05, 3.63) is 59.7 Å². The molecule has 0 unspecified atom stereocenters. The number of nitrogens with one attached hydrogen (secondary N) is 2. The van der Waals surface area contributed by atoms with Crippen LogP contribution in [0.3, 0.4) is 0 Å². The first-order valence-corrected chi connectivity index (χ1v) is 9.15. The van der Waals surface area contributed by atoms with E-state index in [1.807, 2.05) is 26.2 Å². The number of unbranched alkanes of at least 4 members (excludes halogenated alkanes) is 3. The van der Waals surface area contributed by atoms with Crippen molar-refractivity contribution >= 4 is 17.8 Å². The van der Waals surface area contributed by atoms with Crippen LogP contribution in [0.25, 0.3) is 12.2 Å². The van der Waals surface area contributed by atoms with E-state index in [0.29, 0.717) is 0 Å². The van der Waals surface area contributed by atoms with E-state index in [2.05, 4.69) is 59.2 Å². The van der Waals surface area contributed by atoms with Crippen LogP contribution in [0.15, 0.2) is 48.5 Å². The highest BCUT2D eigenvalue weighted by Crippen LogP contribution is 2.16. The number of hydrogen-bond acceptors (Lipinski definition) is 3. The van der Waals surface area contributed by atoms with Gasteiger partial charge in [0.2, 0.25) is 0 Å². The summed E-state index contributed by atoms with van der Waals surface area (Å²) in [5.41, 5.74) is 3.50. The van der Waals surface area contributed by atoms with Gasteiger partial charge in [-0.05, 0) is 61.8 Å². The number of rotatable bonds is 11. The van der Waals surface area contributed by atoms with Crippen LogP contribution in [-0.2, 0) is 0 Å². The van der Waals surface area contributed by atoms with Crippen LogP contribution in [-0.4, -0.2) is 27.2 Å². The molecule has 0 aliphatic rings. The predicted octanol–water partition coefficient (Wildman–Crippen LogP) is 5.06. The lowest BCUT2D eigenvalue weighted by molar-refractivity contribution is 0.304. The van der Waals surface area contributed by atoms with Crippen LogP contribution in [0, 0.1) is 0 Å². The summed E-state index contributed by atoms with van der Waals surface area (Å²) in [5, 5.41) is 6.30. The molecule has 0 aromatic heterocycles. The molecule has 3 heteroatoms. The SMILES string of the molecule is CNCCCCCCOc1ccc(/C=C/c2ccc(NC)cc2)cc1. The van der Waals surface area contributed by atoms with E-state index < -0.39 is 0 Å². The first kappa shape index (κ1) is 19.1. The van der Waals surface area contributed by atoms with Crippen LogP contribution < -0.4 is 15.4 Å². The van der Waals surface area contributed by atoms with E-state index in [4.69, 9.17) is 4.74 Å². The Morgan fingerprint density at radius 3 is 1.96 bits per heavy atom. The summed E-state index contributed by atoms with van der Waals surface area (Å²) in [5.74, 6) is 0.950. The van der Waals surface area contributed by atoms with Crippen molar-refractivity contribution < 1.29 is 4.74 Å². The summed E-state index contributed by atoms with van der Waals surface area (Å²) in [6, 6.07) is 16.7. The fourth-order valence-electron chi connectivity index (χ4n) is 2.58. The van der Waals surface area contributed by atoms with Crippen LogP contribution in [0.1, 0.15) is 36.8 Å². The lowest BCUT2D eigenvalue weighted by atomic mass is 10.1. The van der Waals surface area contributed by atoms with E-state index in [9.17, 15) is 0 Å². The Balaban J connectivity index is 1.72. The second-order valence-electron chi connectivity index (χ2n) is 6.14. The van der Waals surface area contributed by atoms with Gasteiger partial charge >= 0.3 is 0 Å². The van der Waals surface area contributed by atoms with E-state index in [-0.39, 0.29) is 0 Å². The Morgan fingerprint density at radius 1 is 0.760 bits per heavy atom. The summed E-state index contributed by atoms with van der Waals surface area (Å²) >= 11 is 0. The Kier molecular flexibility index (Phi) is 8.64. The van der Waals surface area contributed by atoms with Gasteiger partial charge in [-0.15, -0.1) is 0 Å². The summed E-state index contributed by atoms with van der Waals surface area (Å²) in [6.07, 6.45) is 9.11. The first-order chi connectivity index (χ1) is 12.3. The zero-order chi connectivity index (χ0) is 17.7. The van der Waals surface area contributed by atoms with E-state index in [1.54, 1.807) is 0 Å². The molecule has 0 amide bonds. The van der Waals surface area contributed by atoms with Crippen molar-refractivity contribution in [2.24, 2.45) is 0 Å². The van der Waals surface area contributed by atoms with Gasteiger partial charge < -0.3 is 15.4 Å². The van der Waals surface area contributed by atoms with Gasteiger partial charge in [0.05, 0.1) is 6.61 Å². The van der Waals surface area contributed by atoms with Crippen LogP contribution in [0.5, 0.6) is 5.75 Å². The van der Waals surface area contributed by atoms with Gasteiger partial charge in [0, 0.05) is 12.7 Å². The summed E-state index contributed by atoms with van der Waals surface area (Å²) in [4.78, 5) is 0. The highest BCUT2D eigenvalue weighted by Gasteiger charge is 1.95. The number of benzene rings is 2. The largest absolute Gasteiger partial charge is 0.494 e. The minimum atomic E-state index is 0.798. The lowest BCUT2D eigenvalue weighted by Crippen LogP contribution is -2.07. The normalized spacial score (nSPS) is 11.0. The molecule has 25 heavy (non-hydrogen) atoms. The molecule has 2 aromatic carbocycles. The summed E-state index contributed by atoms with van der Waals surface area (Å²) < 4.78 is 5.81. The van der Waals surface area contributed by atoms with Crippen molar-refractivity contribution in [3.63, 3.8) is 0 Å². The minimum Gasteiger partial charge on any atom is -0.494 e. The molecule has 0 fully saturated rings. The molecular formula is C22H30N2O.